The van der Waals surface area contributed by atoms with Gasteiger partial charge in [-0.2, -0.15) is 0 Å². The van der Waals surface area contributed by atoms with E-state index in [1.54, 1.807) is 0 Å². The molecule has 0 aromatic rings. The van der Waals surface area contributed by atoms with Crippen molar-refractivity contribution in [3.05, 3.63) is 59.4 Å². The van der Waals surface area contributed by atoms with E-state index in [0.717, 1.165) is 12.0 Å². The molecule has 2 aliphatic rings. The lowest BCUT2D eigenvalue weighted by Crippen LogP contribution is -2.05. The third-order valence-electron chi connectivity index (χ3n) is 2.76. The van der Waals surface area contributed by atoms with Crippen LogP contribution in [0, 0.1) is 5.92 Å². The van der Waals surface area contributed by atoms with Gasteiger partial charge in [-0.15, -0.1) is 0 Å². The summed E-state index contributed by atoms with van der Waals surface area (Å²) < 4.78 is 0. The van der Waals surface area contributed by atoms with Crippen molar-refractivity contribution in [3.63, 3.8) is 0 Å². The van der Waals surface area contributed by atoms with E-state index in [9.17, 15) is 9.90 Å². The van der Waals surface area contributed by atoms with Crippen LogP contribution in [-0.2, 0) is 4.79 Å². The highest BCUT2D eigenvalue weighted by molar-refractivity contribution is 5.69. The molecular weight excluding hydrogens is 216 g/mol. The fourth-order valence-corrected chi connectivity index (χ4v) is 1.96. The van der Waals surface area contributed by atoms with Crippen molar-refractivity contribution in [2.75, 3.05) is 0 Å². The maximum Gasteiger partial charge on any atom is 0.311 e. The number of hydrogen-bond donors (Lipinski definition) is 2. The van der Waals surface area contributed by atoms with Crippen LogP contribution in [0.4, 0.5) is 0 Å². The number of allylic oxidation sites excluding steroid dienone is 9. The van der Waals surface area contributed by atoms with Gasteiger partial charge in [0.05, 0.1) is 0 Å². The Hall–Kier alpha value is -2.03. The normalized spacial score (nSPS) is 22.8. The zero-order valence-corrected chi connectivity index (χ0v) is 9.34. The lowest BCUT2D eigenvalue weighted by atomic mass is 9.86. The Kier molecular flexibility index (Phi) is 3.28. The highest BCUT2D eigenvalue weighted by Gasteiger charge is 2.14. The molecule has 3 nitrogen and oxygen atoms in total. The van der Waals surface area contributed by atoms with E-state index < -0.39 is 5.97 Å². The van der Waals surface area contributed by atoms with Crippen molar-refractivity contribution in [2.45, 2.75) is 12.8 Å². The van der Waals surface area contributed by atoms with Gasteiger partial charge in [-0.25, -0.2) is 0 Å². The van der Waals surface area contributed by atoms with Gasteiger partial charge in [0.25, 0.3) is 0 Å². The second-order valence-corrected chi connectivity index (χ2v) is 4.15. The Morgan fingerprint density at radius 1 is 1.47 bits per heavy atom. The van der Waals surface area contributed by atoms with Crippen molar-refractivity contribution in [3.8, 4) is 0 Å². The average molecular weight is 230 g/mol. The molecule has 2 N–H and O–H groups in total. The van der Waals surface area contributed by atoms with E-state index in [1.807, 2.05) is 24.3 Å². The summed E-state index contributed by atoms with van der Waals surface area (Å²) in [6.07, 6.45) is 14.3. The second kappa shape index (κ2) is 4.87. The molecule has 1 unspecified atom stereocenters. The molecule has 0 heterocycles. The molecule has 0 radical (unpaired) electrons. The number of aliphatic hydroxyl groups excluding tert-OH is 1. The summed E-state index contributed by atoms with van der Waals surface area (Å²) >= 11 is 0. The van der Waals surface area contributed by atoms with Crippen molar-refractivity contribution < 1.29 is 15.0 Å². The summed E-state index contributed by atoms with van der Waals surface area (Å²) in [5.74, 6) is -0.741. The van der Waals surface area contributed by atoms with Crippen molar-refractivity contribution >= 4 is 5.97 Å². The largest absolute Gasteiger partial charge is 0.512 e. The molecule has 1 atom stereocenters. The highest BCUT2D eigenvalue weighted by atomic mass is 16.4. The molecule has 0 bridgehead atoms. The van der Waals surface area contributed by atoms with Crippen LogP contribution in [-0.4, -0.2) is 16.2 Å². The van der Waals surface area contributed by atoms with E-state index in [-0.39, 0.29) is 12.2 Å². The maximum absolute atomic E-state index is 10.4. The van der Waals surface area contributed by atoms with Gasteiger partial charge in [0.15, 0.2) is 0 Å². The molecule has 0 spiro atoms. The molecular formula is C14H14O3. The van der Waals surface area contributed by atoms with E-state index in [4.69, 9.17) is 5.11 Å². The zero-order valence-electron chi connectivity index (χ0n) is 9.34. The third kappa shape index (κ3) is 2.97. The molecule has 0 saturated heterocycles. The molecule has 0 saturated carbocycles. The summed E-state index contributed by atoms with van der Waals surface area (Å²) in [6, 6.07) is 0. The smallest absolute Gasteiger partial charge is 0.311 e. The number of aliphatic carboxylic acids is 1. The van der Waals surface area contributed by atoms with Gasteiger partial charge in [0, 0.05) is 5.92 Å². The fourth-order valence-electron chi connectivity index (χ4n) is 1.96. The van der Waals surface area contributed by atoms with Crippen LogP contribution < -0.4 is 0 Å². The van der Waals surface area contributed by atoms with Gasteiger partial charge in [0.1, 0.15) is 12.2 Å². The zero-order chi connectivity index (χ0) is 12.3. The minimum absolute atomic E-state index is 0.126. The molecule has 2 aliphatic carbocycles. The molecule has 0 aromatic carbocycles. The first-order chi connectivity index (χ1) is 8.15. The summed E-state index contributed by atoms with van der Waals surface area (Å²) in [6.45, 7) is 0. The predicted molar refractivity (Wildman–Crippen MR) is 65.5 cm³/mol. The molecule has 0 amide bonds. The van der Waals surface area contributed by atoms with Crippen LogP contribution in [0.1, 0.15) is 12.8 Å². The summed E-state index contributed by atoms with van der Waals surface area (Å²) in [4.78, 5) is 10.4. The van der Waals surface area contributed by atoms with Crippen LogP contribution >= 0.6 is 0 Å². The van der Waals surface area contributed by atoms with Gasteiger partial charge in [-0.05, 0) is 23.6 Å². The Morgan fingerprint density at radius 2 is 2.29 bits per heavy atom. The Bertz CT molecular complexity index is 476. The number of aliphatic hydroxyl groups is 1. The van der Waals surface area contributed by atoms with E-state index >= 15 is 0 Å². The van der Waals surface area contributed by atoms with E-state index in [1.165, 1.54) is 11.6 Å². The SMILES string of the molecule is O=C(O)C/C(O)=C/C1=CC2=CC=CCC2C=C1. The molecule has 0 aromatic heterocycles. The van der Waals surface area contributed by atoms with Gasteiger partial charge in [-0.1, -0.05) is 36.5 Å². The standard InChI is InChI=1S/C14H14O3/c15-13(9-14(16)17)8-10-5-6-11-3-1-2-4-12(11)7-10/h1-2,4-8,11,15H,3,9H2,(H,16,17)/b13-8-. The number of fused-ring (bicyclic) bond motifs is 1. The fraction of sp³-hybridized carbons (Fsp3) is 0.214. The molecule has 0 aliphatic heterocycles. The predicted octanol–water partition coefficient (Wildman–Crippen LogP) is 2.90. The molecule has 0 fully saturated rings. The number of carboxylic acids is 1. The van der Waals surface area contributed by atoms with Gasteiger partial charge < -0.3 is 10.2 Å². The van der Waals surface area contributed by atoms with Crippen LogP contribution in [0.15, 0.2) is 59.4 Å². The quantitative estimate of drug-likeness (QED) is 0.733. The number of carbonyl (C=O) groups is 1. The summed E-state index contributed by atoms with van der Waals surface area (Å²) in [5, 5.41) is 18.0. The molecule has 88 valence electrons. The van der Waals surface area contributed by atoms with Gasteiger partial charge in [-0.3, -0.25) is 4.79 Å². The minimum Gasteiger partial charge on any atom is -0.512 e. The van der Waals surface area contributed by atoms with Crippen molar-refractivity contribution in [1.29, 1.82) is 0 Å². The monoisotopic (exact) mass is 230 g/mol. The number of carboxylic acid groups (broad SMARTS) is 1. The molecule has 3 heteroatoms. The molecule has 17 heavy (non-hydrogen) atoms. The highest BCUT2D eigenvalue weighted by Crippen LogP contribution is 2.28. The van der Waals surface area contributed by atoms with Crippen molar-refractivity contribution in [2.24, 2.45) is 5.92 Å². The van der Waals surface area contributed by atoms with Gasteiger partial charge >= 0.3 is 5.97 Å². The Labute approximate surface area is 99.8 Å². The summed E-state index contributed by atoms with van der Waals surface area (Å²) in [7, 11) is 0. The van der Waals surface area contributed by atoms with Crippen molar-refractivity contribution in [1.82, 2.24) is 0 Å². The topological polar surface area (TPSA) is 57.5 Å². The van der Waals surface area contributed by atoms with E-state index in [0.29, 0.717) is 5.92 Å². The third-order valence-corrected chi connectivity index (χ3v) is 2.76. The summed E-state index contributed by atoms with van der Waals surface area (Å²) in [5.41, 5.74) is 2.03. The Morgan fingerprint density at radius 3 is 3.06 bits per heavy atom. The van der Waals surface area contributed by atoms with E-state index in [2.05, 4.69) is 12.2 Å². The van der Waals surface area contributed by atoms with Gasteiger partial charge in [0.2, 0.25) is 0 Å². The number of rotatable bonds is 3. The maximum atomic E-state index is 10.4. The lowest BCUT2D eigenvalue weighted by Gasteiger charge is -2.19. The first kappa shape index (κ1) is 11.5. The van der Waals surface area contributed by atoms with Crippen LogP contribution in [0.5, 0.6) is 0 Å². The lowest BCUT2D eigenvalue weighted by molar-refractivity contribution is -0.136. The van der Waals surface area contributed by atoms with Crippen LogP contribution in [0.3, 0.4) is 0 Å². The second-order valence-electron chi connectivity index (χ2n) is 4.15. The van der Waals surface area contributed by atoms with Crippen LogP contribution in [0.25, 0.3) is 0 Å². The average Bonchev–Trinajstić information content (AvgIpc) is 2.27. The van der Waals surface area contributed by atoms with Crippen LogP contribution in [0.2, 0.25) is 0 Å². The first-order valence-corrected chi connectivity index (χ1v) is 5.53. The number of hydrogen-bond acceptors (Lipinski definition) is 2. The first-order valence-electron chi connectivity index (χ1n) is 5.53. The molecule has 2 rings (SSSR count). The Balaban J connectivity index is 2.15. The minimum atomic E-state index is -1.03.